The van der Waals surface area contributed by atoms with Crippen LogP contribution in [-0.2, 0) is 14.3 Å². The van der Waals surface area contributed by atoms with Crippen LogP contribution in [0.25, 0.3) is 5.57 Å². The number of hydrogen-bond donors (Lipinski definition) is 1. The third kappa shape index (κ3) is 4.64. The normalized spacial score (nSPS) is 14.3. The molecule has 0 unspecified atom stereocenters. The molecule has 0 bridgehead atoms. The van der Waals surface area contributed by atoms with Crippen molar-refractivity contribution in [2.24, 2.45) is 0 Å². The number of rotatable bonds is 7. The molecule has 29 heavy (non-hydrogen) atoms. The maximum absolute atomic E-state index is 13.2. The number of ether oxygens (including phenoxy) is 1. The molecule has 3 rings (SSSR count). The predicted octanol–water partition coefficient (Wildman–Crippen LogP) is 4.92. The molecule has 2 amide bonds. The van der Waals surface area contributed by atoms with Crippen LogP contribution >= 0.6 is 23.2 Å². The molecular formula is C22H22Cl2N2O3. The van der Waals surface area contributed by atoms with Gasteiger partial charge in [0.05, 0.1) is 29.9 Å². The summed E-state index contributed by atoms with van der Waals surface area (Å²) in [4.78, 5) is 27.5. The molecule has 0 saturated carbocycles. The van der Waals surface area contributed by atoms with Crippen molar-refractivity contribution in [1.29, 1.82) is 0 Å². The summed E-state index contributed by atoms with van der Waals surface area (Å²) in [6.07, 6.45) is 0.00510. The first-order valence-electron chi connectivity index (χ1n) is 9.29. The van der Waals surface area contributed by atoms with Crippen molar-refractivity contribution in [3.63, 3.8) is 0 Å². The molecule has 0 radical (unpaired) electrons. The summed E-state index contributed by atoms with van der Waals surface area (Å²) in [5.74, 6) is -0.825. The fourth-order valence-electron chi connectivity index (χ4n) is 3.06. The monoisotopic (exact) mass is 432 g/mol. The Balaban J connectivity index is 2.03. The number of para-hydroxylation sites is 1. The molecule has 5 nitrogen and oxygen atoms in total. The molecular weight excluding hydrogens is 411 g/mol. The molecule has 0 saturated heterocycles. The molecule has 1 aliphatic rings. The van der Waals surface area contributed by atoms with Crippen LogP contribution in [0.1, 0.15) is 25.0 Å². The van der Waals surface area contributed by atoms with Gasteiger partial charge in [-0.25, -0.2) is 0 Å². The van der Waals surface area contributed by atoms with E-state index in [-0.39, 0.29) is 30.5 Å². The number of imide groups is 1. The Bertz CT molecular complexity index is 986. The van der Waals surface area contributed by atoms with E-state index in [1.54, 1.807) is 18.2 Å². The largest absolute Gasteiger partial charge is 0.377 e. The molecule has 0 aromatic heterocycles. The predicted molar refractivity (Wildman–Crippen MR) is 116 cm³/mol. The van der Waals surface area contributed by atoms with Crippen molar-refractivity contribution in [2.75, 3.05) is 18.5 Å². The zero-order valence-electron chi connectivity index (χ0n) is 16.5. The van der Waals surface area contributed by atoms with E-state index in [9.17, 15) is 9.59 Å². The SMILES string of the molecule is Cc1ccccc1NC1=C(c2ccc(Cl)cc2Cl)C(=O)N(CCOC(C)C)C1=O. The minimum atomic E-state index is -0.414. The number of amides is 2. The Morgan fingerprint density at radius 2 is 1.79 bits per heavy atom. The summed E-state index contributed by atoms with van der Waals surface area (Å²) in [5, 5.41) is 3.90. The van der Waals surface area contributed by atoms with Crippen LogP contribution in [0.15, 0.2) is 48.2 Å². The first kappa shape index (κ1) is 21.4. The number of aryl methyl sites for hydroxylation is 1. The second-order valence-electron chi connectivity index (χ2n) is 7.00. The lowest BCUT2D eigenvalue weighted by Gasteiger charge is -2.16. The summed E-state index contributed by atoms with van der Waals surface area (Å²) in [5.41, 5.74) is 2.57. The van der Waals surface area contributed by atoms with Crippen LogP contribution in [0.5, 0.6) is 0 Å². The van der Waals surface area contributed by atoms with Gasteiger partial charge in [-0.15, -0.1) is 0 Å². The molecule has 1 N–H and O–H groups in total. The van der Waals surface area contributed by atoms with Crippen molar-refractivity contribution >= 4 is 46.3 Å². The number of hydrogen-bond acceptors (Lipinski definition) is 4. The van der Waals surface area contributed by atoms with Gasteiger partial charge in [0.2, 0.25) is 0 Å². The third-order valence-electron chi connectivity index (χ3n) is 4.54. The number of nitrogens with zero attached hydrogens (tertiary/aromatic N) is 1. The molecule has 1 aliphatic heterocycles. The topological polar surface area (TPSA) is 58.6 Å². The van der Waals surface area contributed by atoms with E-state index in [0.29, 0.717) is 15.6 Å². The lowest BCUT2D eigenvalue weighted by Crippen LogP contribution is -2.35. The number of carbonyl (C=O) groups excluding carboxylic acids is 2. The zero-order chi connectivity index (χ0) is 21.1. The second-order valence-corrected chi connectivity index (χ2v) is 7.84. The van der Waals surface area contributed by atoms with Crippen LogP contribution in [0.3, 0.4) is 0 Å². The second kappa shape index (κ2) is 8.99. The summed E-state index contributed by atoms with van der Waals surface area (Å²) in [6.45, 7) is 6.14. The van der Waals surface area contributed by atoms with Gasteiger partial charge >= 0.3 is 0 Å². The molecule has 0 aliphatic carbocycles. The molecule has 0 fully saturated rings. The van der Waals surface area contributed by atoms with Gasteiger partial charge in [0, 0.05) is 16.3 Å². The van der Waals surface area contributed by atoms with Gasteiger partial charge in [-0.3, -0.25) is 14.5 Å². The van der Waals surface area contributed by atoms with Crippen molar-refractivity contribution in [2.45, 2.75) is 26.9 Å². The first-order chi connectivity index (χ1) is 13.8. The van der Waals surface area contributed by atoms with Gasteiger partial charge in [-0.05, 0) is 44.5 Å². The van der Waals surface area contributed by atoms with E-state index in [1.807, 2.05) is 45.0 Å². The van der Waals surface area contributed by atoms with E-state index in [4.69, 9.17) is 27.9 Å². The van der Waals surface area contributed by atoms with Crippen LogP contribution in [-0.4, -0.2) is 36.0 Å². The summed E-state index contributed by atoms with van der Waals surface area (Å²) in [7, 11) is 0. The van der Waals surface area contributed by atoms with Crippen molar-refractivity contribution in [1.82, 2.24) is 4.90 Å². The van der Waals surface area contributed by atoms with Gasteiger partial charge in [-0.1, -0.05) is 47.5 Å². The molecule has 1 heterocycles. The van der Waals surface area contributed by atoms with Crippen molar-refractivity contribution in [3.05, 3.63) is 69.3 Å². The number of anilines is 1. The molecule has 0 spiro atoms. The average molecular weight is 433 g/mol. The van der Waals surface area contributed by atoms with Gasteiger partial charge in [-0.2, -0.15) is 0 Å². The minimum Gasteiger partial charge on any atom is -0.377 e. The van der Waals surface area contributed by atoms with E-state index in [0.717, 1.165) is 11.3 Å². The number of carbonyl (C=O) groups is 2. The third-order valence-corrected chi connectivity index (χ3v) is 5.09. The molecule has 7 heteroatoms. The summed E-state index contributed by atoms with van der Waals surface area (Å²) in [6, 6.07) is 12.4. The Morgan fingerprint density at radius 3 is 2.45 bits per heavy atom. The van der Waals surface area contributed by atoms with Gasteiger partial charge in [0.15, 0.2) is 0 Å². The highest BCUT2D eigenvalue weighted by atomic mass is 35.5. The van der Waals surface area contributed by atoms with E-state index in [1.165, 1.54) is 4.90 Å². The highest BCUT2D eigenvalue weighted by molar-refractivity contribution is 6.41. The molecule has 0 atom stereocenters. The Labute approximate surface area is 180 Å². The van der Waals surface area contributed by atoms with Crippen molar-refractivity contribution in [3.8, 4) is 0 Å². The van der Waals surface area contributed by atoms with E-state index < -0.39 is 11.8 Å². The van der Waals surface area contributed by atoms with Gasteiger partial charge in [0.25, 0.3) is 11.8 Å². The Hall–Kier alpha value is -2.34. The van der Waals surface area contributed by atoms with E-state index >= 15 is 0 Å². The molecule has 152 valence electrons. The van der Waals surface area contributed by atoms with Crippen LogP contribution in [0.4, 0.5) is 5.69 Å². The standard InChI is InChI=1S/C22H22Cl2N2O3/c1-13(2)29-11-10-26-21(27)19(16-9-8-15(23)12-17(16)24)20(22(26)28)25-18-7-5-4-6-14(18)3/h4-9,12-13,25H,10-11H2,1-3H3. The number of halogens is 2. The fraction of sp³-hybridized carbons (Fsp3) is 0.273. The van der Waals surface area contributed by atoms with Crippen molar-refractivity contribution < 1.29 is 14.3 Å². The Morgan fingerprint density at radius 1 is 1.07 bits per heavy atom. The maximum Gasteiger partial charge on any atom is 0.278 e. The maximum atomic E-state index is 13.2. The molecule has 2 aromatic rings. The summed E-state index contributed by atoms with van der Waals surface area (Å²) < 4.78 is 5.52. The fourth-order valence-corrected chi connectivity index (χ4v) is 3.57. The quantitative estimate of drug-likeness (QED) is 0.630. The van der Waals surface area contributed by atoms with Gasteiger partial charge < -0.3 is 10.1 Å². The zero-order valence-corrected chi connectivity index (χ0v) is 18.0. The van der Waals surface area contributed by atoms with Crippen LogP contribution < -0.4 is 5.32 Å². The van der Waals surface area contributed by atoms with Crippen LogP contribution in [0, 0.1) is 6.92 Å². The lowest BCUT2D eigenvalue weighted by molar-refractivity contribution is -0.137. The van der Waals surface area contributed by atoms with E-state index in [2.05, 4.69) is 5.32 Å². The number of benzene rings is 2. The number of nitrogens with one attached hydrogen (secondary N) is 1. The highest BCUT2D eigenvalue weighted by Gasteiger charge is 2.39. The average Bonchev–Trinajstić information content (AvgIpc) is 2.88. The first-order valence-corrected chi connectivity index (χ1v) is 10.1. The highest BCUT2D eigenvalue weighted by Crippen LogP contribution is 2.35. The van der Waals surface area contributed by atoms with Crippen LogP contribution in [0.2, 0.25) is 10.0 Å². The minimum absolute atomic E-state index is 0.00510. The molecule has 2 aromatic carbocycles. The Kier molecular flexibility index (Phi) is 6.63. The smallest absolute Gasteiger partial charge is 0.278 e. The van der Waals surface area contributed by atoms with Gasteiger partial charge in [0.1, 0.15) is 5.70 Å². The lowest BCUT2D eigenvalue weighted by atomic mass is 10.0. The summed E-state index contributed by atoms with van der Waals surface area (Å²) >= 11 is 12.4.